The average molecular weight is 380 g/mol. The molecule has 5 N–H and O–H groups in total. The number of hydrogen-bond donors (Lipinski definition) is 5. The van der Waals surface area contributed by atoms with E-state index in [-0.39, 0.29) is 18.4 Å². The Kier molecular flexibility index (Phi) is 8.90. The molecule has 0 heterocycles. The molecule has 0 aromatic heterocycles. The lowest BCUT2D eigenvalue weighted by atomic mass is 9.90. The van der Waals surface area contributed by atoms with E-state index < -0.39 is 36.4 Å². The lowest BCUT2D eigenvalue weighted by Gasteiger charge is -2.24. The first kappa shape index (κ1) is 22.6. The highest BCUT2D eigenvalue weighted by Crippen LogP contribution is 2.18. The predicted octanol–water partition coefficient (Wildman–Crippen LogP) is 0.640. The van der Waals surface area contributed by atoms with Crippen LogP contribution in [0.3, 0.4) is 0 Å². The van der Waals surface area contributed by atoms with Crippen LogP contribution in [-0.4, -0.2) is 58.4 Å². The minimum Gasteiger partial charge on any atom is -0.481 e. The molecule has 0 aliphatic rings. The van der Waals surface area contributed by atoms with Crippen LogP contribution in [0.15, 0.2) is 30.3 Å². The van der Waals surface area contributed by atoms with Gasteiger partial charge in [-0.3, -0.25) is 9.59 Å². The van der Waals surface area contributed by atoms with Crippen molar-refractivity contribution in [3.8, 4) is 0 Å². The van der Waals surface area contributed by atoms with E-state index in [1.165, 1.54) is 0 Å². The standard InChI is InChI=1S/C19H28N2O6/c1-19(2,12-22)8-9-20-14(11-16(23)24)17(25)21-15(18(26)27)10-13-6-4-3-5-7-13/h3-7,14-15,20,22H,8-12H2,1-2H3,(H,21,25)(H,23,24)(H,26,27)/t14-,15-/m0/s1. The molecule has 0 saturated heterocycles. The number of aliphatic hydroxyl groups is 1. The van der Waals surface area contributed by atoms with E-state index in [2.05, 4.69) is 10.6 Å². The molecule has 27 heavy (non-hydrogen) atoms. The van der Waals surface area contributed by atoms with E-state index in [4.69, 9.17) is 5.11 Å². The lowest BCUT2D eigenvalue weighted by molar-refractivity contribution is -0.143. The third-order valence-corrected chi connectivity index (χ3v) is 4.21. The van der Waals surface area contributed by atoms with Crippen LogP contribution in [-0.2, 0) is 20.8 Å². The maximum atomic E-state index is 12.5. The van der Waals surface area contributed by atoms with Gasteiger partial charge in [0.25, 0.3) is 0 Å². The van der Waals surface area contributed by atoms with E-state index in [0.717, 1.165) is 5.56 Å². The molecular formula is C19H28N2O6. The van der Waals surface area contributed by atoms with Gasteiger partial charge in [-0.25, -0.2) is 4.79 Å². The van der Waals surface area contributed by atoms with Gasteiger partial charge in [0, 0.05) is 13.0 Å². The summed E-state index contributed by atoms with van der Waals surface area (Å²) in [6.07, 6.45) is 0.154. The van der Waals surface area contributed by atoms with Crippen LogP contribution < -0.4 is 10.6 Å². The topological polar surface area (TPSA) is 136 Å². The molecule has 0 aliphatic carbocycles. The SMILES string of the molecule is CC(C)(CO)CCN[C@@H](CC(=O)O)C(=O)N[C@@H](Cc1ccccc1)C(=O)O. The van der Waals surface area contributed by atoms with Crippen LogP contribution in [0.1, 0.15) is 32.3 Å². The number of carbonyl (C=O) groups excluding carboxylic acids is 1. The number of aliphatic carboxylic acids is 2. The first-order valence-electron chi connectivity index (χ1n) is 8.78. The molecule has 1 rings (SSSR count). The zero-order valence-corrected chi connectivity index (χ0v) is 15.6. The van der Waals surface area contributed by atoms with Gasteiger partial charge >= 0.3 is 11.9 Å². The Morgan fingerprint density at radius 3 is 2.22 bits per heavy atom. The van der Waals surface area contributed by atoms with Crippen molar-refractivity contribution in [3.05, 3.63) is 35.9 Å². The van der Waals surface area contributed by atoms with Crippen LogP contribution in [0.5, 0.6) is 0 Å². The van der Waals surface area contributed by atoms with Crippen molar-refractivity contribution in [2.45, 2.75) is 45.2 Å². The Balaban J connectivity index is 2.74. The number of amides is 1. The molecule has 2 atom stereocenters. The molecule has 1 amide bonds. The molecule has 1 aromatic carbocycles. The fraction of sp³-hybridized carbons (Fsp3) is 0.526. The molecule has 0 spiro atoms. The Bertz CT molecular complexity index is 632. The number of hydrogen-bond acceptors (Lipinski definition) is 5. The van der Waals surface area contributed by atoms with E-state index in [1.54, 1.807) is 30.3 Å². The number of carboxylic acids is 2. The maximum Gasteiger partial charge on any atom is 0.326 e. The Morgan fingerprint density at radius 1 is 1.07 bits per heavy atom. The Hall–Kier alpha value is -2.45. The molecule has 150 valence electrons. The monoisotopic (exact) mass is 380 g/mol. The normalized spacial score (nSPS) is 13.6. The molecule has 0 unspecified atom stereocenters. The largest absolute Gasteiger partial charge is 0.481 e. The van der Waals surface area contributed by atoms with Crippen molar-refractivity contribution >= 4 is 17.8 Å². The van der Waals surface area contributed by atoms with Gasteiger partial charge < -0.3 is 26.0 Å². The summed E-state index contributed by atoms with van der Waals surface area (Å²) in [4.78, 5) is 35.0. The summed E-state index contributed by atoms with van der Waals surface area (Å²) in [6, 6.07) is 6.64. The number of carboxylic acid groups (broad SMARTS) is 2. The van der Waals surface area contributed by atoms with E-state index in [0.29, 0.717) is 13.0 Å². The molecule has 0 bridgehead atoms. The third-order valence-electron chi connectivity index (χ3n) is 4.21. The van der Waals surface area contributed by atoms with Gasteiger partial charge in [0.05, 0.1) is 12.5 Å². The quantitative estimate of drug-likeness (QED) is 0.359. The van der Waals surface area contributed by atoms with E-state index in [9.17, 15) is 24.6 Å². The second kappa shape index (κ2) is 10.6. The molecule has 0 radical (unpaired) electrons. The van der Waals surface area contributed by atoms with Crippen LogP contribution >= 0.6 is 0 Å². The van der Waals surface area contributed by atoms with Gasteiger partial charge in [-0.2, -0.15) is 0 Å². The summed E-state index contributed by atoms with van der Waals surface area (Å²) in [7, 11) is 0. The molecule has 8 heteroatoms. The summed E-state index contributed by atoms with van der Waals surface area (Å²) in [5.41, 5.74) is 0.381. The molecule has 0 fully saturated rings. The second-order valence-corrected chi connectivity index (χ2v) is 7.27. The Morgan fingerprint density at radius 2 is 1.70 bits per heavy atom. The zero-order valence-electron chi connectivity index (χ0n) is 15.6. The maximum absolute atomic E-state index is 12.5. The van der Waals surface area contributed by atoms with Gasteiger partial charge in [-0.05, 0) is 23.9 Å². The van der Waals surface area contributed by atoms with Gasteiger partial charge in [0.15, 0.2) is 0 Å². The number of rotatable bonds is 12. The summed E-state index contributed by atoms with van der Waals surface area (Å²) in [6.45, 7) is 3.97. The minimum absolute atomic E-state index is 0.0391. The number of carbonyl (C=O) groups is 3. The highest BCUT2D eigenvalue weighted by molar-refractivity contribution is 5.89. The van der Waals surface area contributed by atoms with Crippen molar-refractivity contribution in [2.75, 3.05) is 13.2 Å². The smallest absolute Gasteiger partial charge is 0.326 e. The highest BCUT2D eigenvalue weighted by atomic mass is 16.4. The summed E-state index contributed by atoms with van der Waals surface area (Å²) >= 11 is 0. The summed E-state index contributed by atoms with van der Waals surface area (Å²) < 4.78 is 0. The first-order chi connectivity index (χ1) is 12.6. The van der Waals surface area contributed by atoms with Gasteiger partial charge in [-0.15, -0.1) is 0 Å². The average Bonchev–Trinajstić information content (AvgIpc) is 2.60. The molecular weight excluding hydrogens is 352 g/mol. The molecule has 0 saturated carbocycles. The van der Waals surface area contributed by atoms with Crippen LogP contribution in [0.25, 0.3) is 0 Å². The van der Waals surface area contributed by atoms with Crippen LogP contribution in [0.2, 0.25) is 0 Å². The van der Waals surface area contributed by atoms with Crippen LogP contribution in [0, 0.1) is 5.41 Å². The molecule has 1 aromatic rings. The van der Waals surface area contributed by atoms with Crippen molar-refractivity contribution in [2.24, 2.45) is 5.41 Å². The number of nitrogens with one attached hydrogen (secondary N) is 2. The lowest BCUT2D eigenvalue weighted by Crippen LogP contribution is -2.52. The van der Waals surface area contributed by atoms with Gasteiger partial charge in [-0.1, -0.05) is 44.2 Å². The van der Waals surface area contributed by atoms with Crippen molar-refractivity contribution in [1.29, 1.82) is 0 Å². The van der Waals surface area contributed by atoms with Gasteiger partial charge in [0.1, 0.15) is 6.04 Å². The zero-order chi connectivity index (χ0) is 20.4. The third kappa shape index (κ3) is 8.65. The molecule has 0 aliphatic heterocycles. The first-order valence-corrected chi connectivity index (χ1v) is 8.78. The van der Waals surface area contributed by atoms with Crippen molar-refractivity contribution in [1.82, 2.24) is 10.6 Å². The van der Waals surface area contributed by atoms with Gasteiger partial charge in [0.2, 0.25) is 5.91 Å². The van der Waals surface area contributed by atoms with Crippen LogP contribution in [0.4, 0.5) is 0 Å². The molecule has 8 nitrogen and oxygen atoms in total. The number of benzene rings is 1. The summed E-state index contributed by atoms with van der Waals surface area (Å²) in [5.74, 6) is -3.04. The number of aliphatic hydroxyl groups excluding tert-OH is 1. The predicted molar refractivity (Wildman–Crippen MR) is 99.2 cm³/mol. The highest BCUT2D eigenvalue weighted by Gasteiger charge is 2.27. The van der Waals surface area contributed by atoms with Crippen molar-refractivity contribution in [3.63, 3.8) is 0 Å². The van der Waals surface area contributed by atoms with E-state index >= 15 is 0 Å². The van der Waals surface area contributed by atoms with Crippen molar-refractivity contribution < 1.29 is 29.7 Å². The summed E-state index contributed by atoms with van der Waals surface area (Å²) in [5, 5.41) is 33.0. The second-order valence-electron chi connectivity index (χ2n) is 7.27. The van der Waals surface area contributed by atoms with E-state index in [1.807, 2.05) is 13.8 Å². The fourth-order valence-corrected chi connectivity index (χ4v) is 2.42. The fourth-order valence-electron chi connectivity index (χ4n) is 2.42. The Labute approximate surface area is 158 Å². The minimum atomic E-state index is -1.19.